The number of piperidine rings is 1. The molecule has 1 N–H and O–H groups in total. The summed E-state index contributed by atoms with van der Waals surface area (Å²) in [5.74, 6) is 0.325. The number of nitrogens with one attached hydrogen (secondary N) is 1. The van der Waals surface area contributed by atoms with Crippen LogP contribution in [0.25, 0.3) is 0 Å². The molecule has 0 aromatic carbocycles. The lowest BCUT2D eigenvalue weighted by atomic mass is 9.94. The lowest BCUT2D eigenvalue weighted by Gasteiger charge is -2.23. The van der Waals surface area contributed by atoms with Gasteiger partial charge in [-0.25, -0.2) is 4.39 Å². The summed E-state index contributed by atoms with van der Waals surface area (Å²) in [6.07, 6.45) is 1.42. The topological polar surface area (TPSA) is 12.0 Å². The minimum absolute atomic E-state index is 0.325. The van der Waals surface area contributed by atoms with Gasteiger partial charge in [0.05, 0.1) is 0 Å². The Morgan fingerprint density at radius 2 is 2.00 bits per heavy atom. The standard InChI is InChI=1S/C7H14FN/c1-6(8)7-2-4-9-5-3-7/h6-7,9H,2-5H2,1H3. The van der Waals surface area contributed by atoms with Crippen molar-refractivity contribution in [3.05, 3.63) is 0 Å². The van der Waals surface area contributed by atoms with Gasteiger partial charge in [-0.05, 0) is 38.8 Å². The second kappa shape index (κ2) is 3.16. The van der Waals surface area contributed by atoms with E-state index >= 15 is 0 Å². The molecule has 1 saturated heterocycles. The molecule has 0 bridgehead atoms. The first-order chi connectivity index (χ1) is 4.30. The van der Waals surface area contributed by atoms with Crippen LogP contribution in [0.1, 0.15) is 19.8 Å². The normalized spacial score (nSPS) is 26.0. The van der Waals surface area contributed by atoms with Crippen molar-refractivity contribution in [3.8, 4) is 0 Å². The molecule has 9 heavy (non-hydrogen) atoms. The molecule has 1 nitrogen and oxygen atoms in total. The van der Waals surface area contributed by atoms with E-state index < -0.39 is 6.17 Å². The van der Waals surface area contributed by atoms with Crippen molar-refractivity contribution < 1.29 is 4.39 Å². The van der Waals surface area contributed by atoms with E-state index in [2.05, 4.69) is 5.32 Å². The second-order valence-corrected chi connectivity index (χ2v) is 2.76. The fraction of sp³-hybridized carbons (Fsp3) is 1.00. The number of halogens is 1. The first kappa shape index (κ1) is 7.00. The van der Waals surface area contributed by atoms with Crippen molar-refractivity contribution in [2.45, 2.75) is 25.9 Å². The number of rotatable bonds is 1. The van der Waals surface area contributed by atoms with Crippen LogP contribution < -0.4 is 5.32 Å². The molecule has 0 aliphatic carbocycles. The summed E-state index contributed by atoms with van der Waals surface area (Å²) in [6, 6.07) is 0. The third kappa shape index (κ3) is 1.94. The zero-order valence-electron chi connectivity index (χ0n) is 5.86. The van der Waals surface area contributed by atoms with E-state index in [0.29, 0.717) is 5.92 Å². The van der Waals surface area contributed by atoms with Gasteiger partial charge in [-0.1, -0.05) is 0 Å². The van der Waals surface area contributed by atoms with Gasteiger partial charge in [-0.15, -0.1) is 0 Å². The second-order valence-electron chi connectivity index (χ2n) is 2.76. The van der Waals surface area contributed by atoms with Gasteiger partial charge < -0.3 is 5.32 Å². The summed E-state index contributed by atoms with van der Waals surface area (Å²) >= 11 is 0. The Morgan fingerprint density at radius 3 is 2.33 bits per heavy atom. The molecule has 0 aromatic rings. The van der Waals surface area contributed by atoms with Crippen molar-refractivity contribution in [3.63, 3.8) is 0 Å². The molecule has 0 amide bonds. The maximum atomic E-state index is 12.6. The Bertz CT molecular complexity index is 77.0. The minimum atomic E-state index is -0.605. The summed E-state index contributed by atoms with van der Waals surface area (Å²) in [5, 5.41) is 3.20. The van der Waals surface area contributed by atoms with E-state index in [1.807, 2.05) is 0 Å². The van der Waals surface area contributed by atoms with E-state index in [1.54, 1.807) is 6.92 Å². The highest BCUT2D eigenvalue weighted by Gasteiger charge is 2.18. The highest BCUT2D eigenvalue weighted by Crippen LogP contribution is 2.17. The van der Waals surface area contributed by atoms with Gasteiger partial charge in [-0.3, -0.25) is 0 Å². The van der Waals surface area contributed by atoms with E-state index in [1.165, 1.54) is 0 Å². The molecule has 54 valence electrons. The predicted octanol–water partition coefficient (Wildman–Crippen LogP) is 1.34. The maximum Gasteiger partial charge on any atom is 0.100 e. The molecule has 1 atom stereocenters. The lowest BCUT2D eigenvalue weighted by molar-refractivity contribution is 0.205. The summed E-state index contributed by atoms with van der Waals surface area (Å²) in [7, 11) is 0. The lowest BCUT2D eigenvalue weighted by Crippen LogP contribution is -2.31. The van der Waals surface area contributed by atoms with Gasteiger partial charge in [0.25, 0.3) is 0 Å². The van der Waals surface area contributed by atoms with Gasteiger partial charge in [0, 0.05) is 0 Å². The van der Waals surface area contributed by atoms with Crippen LogP contribution in [0, 0.1) is 5.92 Å². The van der Waals surface area contributed by atoms with Crippen molar-refractivity contribution in [1.82, 2.24) is 5.32 Å². The molecule has 1 heterocycles. The highest BCUT2D eigenvalue weighted by molar-refractivity contribution is 4.72. The Balaban J connectivity index is 2.23. The fourth-order valence-electron chi connectivity index (χ4n) is 1.30. The van der Waals surface area contributed by atoms with Gasteiger partial charge in [-0.2, -0.15) is 0 Å². The van der Waals surface area contributed by atoms with E-state index in [-0.39, 0.29) is 0 Å². The zero-order chi connectivity index (χ0) is 6.69. The molecule has 1 unspecified atom stereocenters. The minimum Gasteiger partial charge on any atom is -0.317 e. The Labute approximate surface area is 55.6 Å². The van der Waals surface area contributed by atoms with Gasteiger partial charge >= 0.3 is 0 Å². The molecule has 2 heteroatoms. The Kier molecular flexibility index (Phi) is 2.46. The Hall–Kier alpha value is -0.110. The summed E-state index contributed by atoms with van der Waals surface area (Å²) in [6.45, 7) is 3.66. The summed E-state index contributed by atoms with van der Waals surface area (Å²) in [5.41, 5.74) is 0. The van der Waals surface area contributed by atoms with Crippen molar-refractivity contribution >= 4 is 0 Å². The molecule has 0 aromatic heterocycles. The van der Waals surface area contributed by atoms with Gasteiger partial charge in [0.1, 0.15) is 6.17 Å². The quantitative estimate of drug-likeness (QED) is 0.566. The molecule has 1 fully saturated rings. The number of hydrogen-bond acceptors (Lipinski definition) is 1. The zero-order valence-corrected chi connectivity index (χ0v) is 5.86. The summed E-state index contributed by atoms with van der Waals surface area (Å²) in [4.78, 5) is 0. The van der Waals surface area contributed by atoms with Crippen LogP contribution in [0.15, 0.2) is 0 Å². The first-order valence-corrected chi connectivity index (χ1v) is 3.65. The first-order valence-electron chi connectivity index (χ1n) is 3.65. The van der Waals surface area contributed by atoms with Crippen LogP contribution in [0.2, 0.25) is 0 Å². The third-order valence-electron chi connectivity index (χ3n) is 2.03. The molecule has 1 aliphatic heterocycles. The number of alkyl halides is 1. The summed E-state index contributed by atoms with van der Waals surface area (Å²) < 4.78 is 12.6. The predicted molar refractivity (Wildman–Crippen MR) is 36.2 cm³/mol. The fourth-order valence-corrected chi connectivity index (χ4v) is 1.30. The molecule has 1 rings (SSSR count). The van der Waals surface area contributed by atoms with E-state index in [0.717, 1.165) is 25.9 Å². The molecule has 0 radical (unpaired) electrons. The molecule has 0 spiro atoms. The van der Waals surface area contributed by atoms with Crippen molar-refractivity contribution in [1.29, 1.82) is 0 Å². The van der Waals surface area contributed by atoms with Crippen molar-refractivity contribution in [2.24, 2.45) is 5.92 Å². The number of hydrogen-bond donors (Lipinski definition) is 1. The van der Waals surface area contributed by atoms with Crippen LogP contribution >= 0.6 is 0 Å². The largest absolute Gasteiger partial charge is 0.317 e. The van der Waals surface area contributed by atoms with Crippen LogP contribution in [-0.4, -0.2) is 19.3 Å². The third-order valence-corrected chi connectivity index (χ3v) is 2.03. The molecule has 0 saturated carbocycles. The SMILES string of the molecule is CC(F)C1CCNCC1. The molecular weight excluding hydrogens is 117 g/mol. The monoisotopic (exact) mass is 131 g/mol. The maximum absolute atomic E-state index is 12.6. The van der Waals surface area contributed by atoms with Gasteiger partial charge in [0.2, 0.25) is 0 Å². The smallest absolute Gasteiger partial charge is 0.100 e. The van der Waals surface area contributed by atoms with E-state index in [4.69, 9.17) is 0 Å². The van der Waals surface area contributed by atoms with E-state index in [9.17, 15) is 4.39 Å². The van der Waals surface area contributed by atoms with Crippen LogP contribution in [0.4, 0.5) is 4.39 Å². The molecule has 1 aliphatic rings. The van der Waals surface area contributed by atoms with Crippen LogP contribution in [0.5, 0.6) is 0 Å². The molecular formula is C7H14FN. The van der Waals surface area contributed by atoms with Crippen molar-refractivity contribution in [2.75, 3.05) is 13.1 Å². The van der Waals surface area contributed by atoms with Gasteiger partial charge in [0.15, 0.2) is 0 Å². The highest BCUT2D eigenvalue weighted by atomic mass is 19.1. The average Bonchev–Trinajstić information content (AvgIpc) is 1.90. The Morgan fingerprint density at radius 1 is 1.44 bits per heavy atom. The van der Waals surface area contributed by atoms with Crippen LogP contribution in [-0.2, 0) is 0 Å². The van der Waals surface area contributed by atoms with Crippen LogP contribution in [0.3, 0.4) is 0 Å². The average molecular weight is 131 g/mol.